The van der Waals surface area contributed by atoms with Gasteiger partial charge in [0.1, 0.15) is 6.04 Å². The van der Waals surface area contributed by atoms with Crippen molar-refractivity contribution in [2.24, 2.45) is 0 Å². The van der Waals surface area contributed by atoms with E-state index >= 15 is 0 Å². The minimum Gasteiger partial charge on any atom is -0.464 e. The van der Waals surface area contributed by atoms with E-state index in [0.29, 0.717) is 21.5 Å². The average molecular weight is 391 g/mol. The van der Waals surface area contributed by atoms with Crippen molar-refractivity contribution in [1.82, 2.24) is 5.32 Å². The topological polar surface area (TPSA) is 84.5 Å². The first-order chi connectivity index (χ1) is 11.4. The molecule has 1 aliphatic heterocycles. The van der Waals surface area contributed by atoms with Crippen LogP contribution in [0.5, 0.6) is 0 Å². The first-order valence-corrected chi connectivity index (χ1v) is 9.04. The van der Waals surface area contributed by atoms with Crippen LogP contribution in [0.3, 0.4) is 0 Å². The highest BCUT2D eigenvalue weighted by Crippen LogP contribution is 2.27. The van der Waals surface area contributed by atoms with Gasteiger partial charge in [-0.05, 0) is 25.1 Å². The van der Waals surface area contributed by atoms with Gasteiger partial charge in [-0.1, -0.05) is 23.2 Å². The Hall–Kier alpha value is -1.44. The Bertz CT molecular complexity index is 656. The molecule has 2 N–H and O–H groups in total. The number of hydrogen-bond donors (Lipinski definition) is 2. The maximum atomic E-state index is 12.1. The van der Waals surface area contributed by atoms with E-state index in [2.05, 4.69) is 10.6 Å². The number of ether oxygens (including phenoxy) is 1. The van der Waals surface area contributed by atoms with Gasteiger partial charge in [0.25, 0.3) is 0 Å². The fourth-order valence-corrected chi connectivity index (χ4v) is 3.66. The molecular formula is C15H16Cl2N2O4S. The number of nitrogens with one attached hydrogen (secondary N) is 2. The Labute approximate surface area is 153 Å². The molecule has 0 aliphatic carbocycles. The monoisotopic (exact) mass is 390 g/mol. The zero-order valence-corrected chi connectivity index (χ0v) is 15.1. The van der Waals surface area contributed by atoms with E-state index in [1.165, 1.54) is 17.8 Å². The Balaban J connectivity index is 1.89. The number of halogens is 2. The summed E-state index contributed by atoms with van der Waals surface area (Å²) in [6.45, 7) is 1.95. The maximum Gasteiger partial charge on any atom is 0.329 e. The van der Waals surface area contributed by atoms with E-state index in [1.807, 2.05) is 0 Å². The summed E-state index contributed by atoms with van der Waals surface area (Å²) < 4.78 is 4.88. The van der Waals surface area contributed by atoms with Gasteiger partial charge in [-0.25, -0.2) is 4.79 Å². The molecule has 24 heavy (non-hydrogen) atoms. The van der Waals surface area contributed by atoms with E-state index in [-0.39, 0.29) is 24.8 Å². The lowest BCUT2D eigenvalue weighted by Gasteiger charge is -2.27. The van der Waals surface area contributed by atoms with Crippen molar-refractivity contribution < 1.29 is 19.1 Å². The van der Waals surface area contributed by atoms with E-state index in [0.717, 1.165) is 0 Å². The number of anilines is 1. The van der Waals surface area contributed by atoms with Crippen LogP contribution in [-0.4, -0.2) is 41.4 Å². The van der Waals surface area contributed by atoms with Crippen LogP contribution in [-0.2, 0) is 19.1 Å². The summed E-state index contributed by atoms with van der Waals surface area (Å²) in [6.07, 6.45) is -0.0228. The number of amides is 2. The van der Waals surface area contributed by atoms with Crippen molar-refractivity contribution in [2.45, 2.75) is 24.6 Å². The molecule has 1 aromatic rings. The smallest absolute Gasteiger partial charge is 0.329 e. The van der Waals surface area contributed by atoms with Crippen molar-refractivity contribution in [1.29, 1.82) is 0 Å². The third-order valence-corrected chi connectivity index (χ3v) is 5.08. The number of hydrogen-bond acceptors (Lipinski definition) is 5. The van der Waals surface area contributed by atoms with Crippen molar-refractivity contribution >= 4 is 58.4 Å². The minimum atomic E-state index is -0.674. The fraction of sp³-hybridized carbons (Fsp3) is 0.400. The molecule has 0 bridgehead atoms. The van der Waals surface area contributed by atoms with Crippen LogP contribution in [0.15, 0.2) is 18.2 Å². The number of thioether (sulfide) groups is 1. The third kappa shape index (κ3) is 5.03. The lowest BCUT2D eigenvalue weighted by atomic mass is 10.2. The predicted molar refractivity (Wildman–Crippen MR) is 94.5 cm³/mol. The van der Waals surface area contributed by atoms with Crippen LogP contribution in [0.2, 0.25) is 10.0 Å². The summed E-state index contributed by atoms with van der Waals surface area (Å²) in [5.74, 6) is -0.804. The van der Waals surface area contributed by atoms with Crippen LogP contribution in [0.25, 0.3) is 0 Å². The van der Waals surface area contributed by atoms with Gasteiger partial charge >= 0.3 is 5.97 Å². The molecule has 0 spiro atoms. The summed E-state index contributed by atoms with van der Waals surface area (Å²) in [6, 6.07) is 4.04. The van der Waals surface area contributed by atoms with Crippen molar-refractivity contribution in [2.75, 3.05) is 17.7 Å². The molecule has 1 fully saturated rings. The molecule has 0 saturated carbocycles. The molecule has 1 heterocycles. The van der Waals surface area contributed by atoms with Crippen LogP contribution in [0.1, 0.15) is 13.3 Å². The highest BCUT2D eigenvalue weighted by atomic mass is 35.5. The van der Waals surface area contributed by atoms with E-state index < -0.39 is 17.3 Å². The molecule has 1 aliphatic rings. The second-order valence-corrected chi connectivity index (χ2v) is 7.09. The fourth-order valence-electron chi connectivity index (χ4n) is 2.08. The maximum absolute atomic E-state index is 12.1. The van der Waals surface area contributed by atoms with Gasteiger partial charge in [-0.2, -0.15) is 0 Å². The summed E-state index contributed by atoms with van der Waals surface area (Å²) in [7, 11) is 0. The summed E-state index contributed by atoms with van der Waals surface area (Å²) in [5, 5.41) is 5.44. The summed E-state index contributed by atoms with van der Waals surface area (Å²) in [5.41, 5.74) is 0.427. The molecule has 2 amide bonds. The number of carbonyl (C=O) groups excluding carboxylic acids is 3. The average Bonchev–Trinajstić information content (AvgIpc) is 2.52. The molecule has 2 rings (SSSR count). The Kier molecular flexibility index (Phi) is 6.77. The van der Waals surface area contributed by atoms with Gasteiger partial charge in [0.2, 0.25) is 11.8 Å². The normalized spacial score (nSPS) is 20.2. The molecule has 1 saturated heterocycles. The Morgan fingerprint density at radius 2 is 2.17 bits per heavy atom. The molecule has 9 heteroatoms. The zero-order valence-electron chi connectivity index (χ0n) is 12.8. The molecule has 0 unspecified atom stereocenters. The molecule has 2 atom stereocenters. The third-order valence-electron chi connectivity index (χ3n) is 3.22. The van der Waals surface area contributed by atoms with E-state index in [9.17, 15) is 14.4 Å². The molecule has 0 aromatic heterocycles. The number of carbonyl (C=O) groups is 3. The second kappa shape index (κ2) is 8.60. The molecule has 130 valence electrons. The van der Waals surface area contributed by atoms with E-state index in [1.54, 1.807) is 19.1 Å². The SMILES string of the molecule is CCOC(=O)[C@@H]1CS[C@H](CC(=O)Nc2ccc(Cl)cc2Cl)C(=O)N1. The first kappa shape index (κ1) is 18.9. The van der Waals surface area contributed by atoms with E-state index in [4.69, 9.17) is 27.9 Å². The standard InChI is InChI=1S/C15H16Cl2N2O4S/c1-2-23-15(22)11-7-24-12(14(21)19-11)6-13(20)18-10-4-3-8(16)5-9(10)17/h3-5,11-12H,2,6-7H2,1H3,(H,18,20)(H,19,21)/t11-,12+/m0/s1. The van der Waals surface area contributed by atoms with Crippen LogP contribution in [0.4, 0.5) is 5.69 Å². The lowest BCUT2D eigenvalue weighted by Crippen LogP contribution is -2.51. The highest BCUT2D eigenvalue weighted by Gasteiger charge is 2.34. The number of esters is 1. The number of rotatable bonds is 5. The zero-order chi connectivity index (χ0) is 17.7. The van der Waals surface area contributed by atoms with Gasteiger partial charge in [-0.3, -0.25) is 9.59 Å². The quantitative estimate of drug-likeness (QED) is 0.754. The van der Waals surface area contributed by atoms with Gasteiger partial charge < -0.3 is 15.4 Å². The largest absolute Gasteiger partial charge is 0.464 e. The Morgan fingerprint density at radius 3 is 2.79 bits per heavy atom. The van der Waals surface area contributed by atoms with Gasteiger partial charge in [0.15, 0.2) is 0 Å². The van der Waals surface area contributed by atoms with Crippen molar-refractivity contribution in [3.63, 3.8) is 0 Å². The molecule has 6 nitrogen and oxygen atoms in total. The lowest BCUT2D eigenvalue weighted by molar-refractivity contribution is -0.146. The van der Waals surface area contributed by atoms with Gasteiger partial charge in [0.05, 0.1) is 22.6 Å². The Morgan fingerprint density at radius 1 is 1.42 bits per heavy atom. The minimum absolute atomic E-state index is 0.0228. The van der Waals surface area contributed by atoms with Crippen LogP contribution in [0, 0.1) is 0 Å². The first-order valence-electron chi connectivity index (χ1n) is 7.24. The predicted octanol–water partition coefficient (Wildman–Crippen LogP) is 2.49. The summed E-state index contributed by atoms with van der Waals surface area (Å²) in [4.78, 5) is 35.8. The summed E-state index contributed by atoms with van der Waals surface area (Å²) >= 11 is 13.0. The van der Waals surface area contributed by atoms with Crippen LogP contribution < -0.4 is 10.6 Å². The number of benzene rings is 1. The van der Waals surface area contributed by atoms with Gasteiger partial charge in [-0.15, -0.1) is 11.8 Å². The van der Waals surface area contributed by atoms with Crippen LogP contribution >= 0.6 is 35.0 Å². The molecule has 1 aromatic carbocycles. The van der Waals surface area contributed by atoms with Crippen molar-refractivity contribution in [3.8, 4) is 0 Å². The molecule has 0 radical (unpaired) electrons. The second-order valence-electron chi connectivity index (χ2n) is 5.01. The van der Waals surface area contributed by atoms with Gasteiger partial charge in [0, 0.05) is 17.2 Å². The highest BCUT2D eigenvalue weighted by molar-refractivity contribution is 8.00. The molecular weight excluding hydrogens is 375 g/mol. The van der Waals surface area contributed by atoms with Crippen molar-refractivity contribution in [3.05, 3.63) is 28.2 Å².